The average Bonchev–Trinajstić information content (AvgIpc) is 3.05. The summed E-state index contributed by atoms with van der Waals surface area (Å²) in [7, 11) is -2.32. The molecule has 2 heterocycles. The van der Waals surface area contributed by atoms with Crippen molar-refractivity contribution < 1.29 is 12.8 Å². The van der Waals surface area contributed by atoms with Crippen LogP contribution in [-0.4, -0.2) is 23.0 Å². The molecular weight excluding hydrogens is 348 g/mol. The molecule has 2 aromatic carbocycles. The van der Waals surface area contributed by atoms with Gasteiger partial charge >= 0.3 is 11.4 Å². The number of oxazole rings is 1. The summed E-state index contributed by atoms with van der Waals surface area (Å²) in [5, 5.41) is 0. The van der Waals surface area contributed by atoms with Crippen LogP contribution in [0.2, 0.25) is 0 Å². The molecule has 0 saturated carbocycles. The molecule has 10 heteroatoms. The first-order valence-electron chi connectivity index (χ1n) is 7.18. The van der Waals surface area contributed by atoms with E-state index in [2.05, 4.69) is 14.7 Å². The van der Waals surface area contributed by atoms with Crippen molar-refractivity contribution in [3.63, 3.8) is 0 Å². The van der Waals surface area contributed by atoms with E-state index >= 15 is 0 Å². The van der Waals surface area contributed by atoms with Crippen molar-refractivity contribution in [2.45, 2.75) is 4.90 Å². The van der Waals surface area contributed by atoms with Crippen LogP contribution in [-0.2, 0) is 17.1 Å². The smallest absolute Gasteiger partial charge is 0.408 e. The van der Waals surface area contributed by atoms with Gasteiger partial charge in [0.1, 0.15) is 0 Å². The molecule has 128 valence electrons. The van der Waals surface area contributed by atoms with Gasteiger partial charge in [-0.05, 0) is 30.3 Å². The molecule has 0 unspecified atom stereocenters. The van der Waals surface area contributed by atoms with Crippen molar-refractivity contribution in [1.29, 1.82) is 0 Å². The number of hydrogen-bond donors (Lipinski definition) is 3. The lowest BCUT2D eigenvalue weighted by Crippen LogP contribution is -2.12. The van der Waals surface area contributed by atoms with Gasteiger partial charge in [-0.15, -0.1) is 0 Å². The van der Waals surface area contributed by atoms with Gasteiger partial charge in [-0.1, -0.05) is 0 Å². The number of imidazole rings is 1. The third kappa shape index (κ3) is 2.52. The fourth-order valence-electron chi connectivity index (χ4n) is 2.59. The van der Waals surface area contributed by atoms with Crippen molar-refractivity contribution >= 4 is 37.8 Å². The first kappa shape index (κ1) is 15.3. The minimum atomic E-state index is -3.88. The first-order chi connectivity index (χ1) is 11.8. The van der Waals surface area contributed by atoms with Gasteiger partial charge in [-0.2, -0.15) is 0 Å². The van der Waals surface area contributed by atoms with Crippen molar-refractivity contribution in [3.05, 3.63) is 57.4 Å². The number of fused-ring (bicyclic) bond motifs is 2. The Morgan fingerprint density at radius 2 is 1.80 bits per heavy atom. The van der Waals surface area contributed by atoms with E-state index in [1.165, 1.54) is 34.9 Å². The number of rotatable bonds is 3. The number of aromatic nitrogens is 3. The molecule has 0 aliphatic rings. The Hall–Kier alpha value is -3.27. The fraction of sp³-hybridized carbons (Fsp3) is 0.0667. The van der Waals surface area contributed by atoms with Crippen molar-refractivity contribution in [2.75, 3.05) is 4.72 Å². The highest BCUT2D eigenvalue weighted by Crippen LogP contribution is 2.22. The average molecular weight is 360 g/mol. The summed E-state index contributed by atoms with van der Waals surface area (Å²) in [6.45, 7) is 0. The molecule has 2 aromatic heterocycles. The maximum absolute atomic E-state index is 12.5. The van der Waals surface area contributed by atoms with Crippen LogP contribution in [0.15, 0.2) is 55.3 Å². The summed E-state index contributed by atoms with van der Waals surface area (Å²) in [6.07, 6.45) is 0. The zero-order chi connectivity index (χ0) is 17.8. The Kier molecular flexibility index (Phi) is 3.12. The van der Waals surface area contributed by atoms with Crippen LogP contribution in [0.5, 0.6) is 0 Å². The minimum absolute atomic E-state index is 0.00939. The highest BCUT2D eigenvalue weighted by Gasteiger charge is 2.16. The second-order valence-electron chi connectivity index (χ2n) is 5.50. The summed E-state index contributed by atoms with van der Waals surface area (Å²) in [5.41, 5.74) is 1.57. The molecule has 4 rings (SSSR count). The molecular formula is C15H12N4O5S. The number of nitrogens with zero attached hydrogens (tertiary/aromatic N) is 1. The van der Waals surface area contributed by atoms with Crippen LogP contribution in [0, 0.1) is 0 Å². The van der Waals surface area contributed by atoms with Gasteiger partial charge in [0.25, 0.3) is 10.0 Å². The molecule has 0 radical (unpaired) electrons. The molecule has 3 N–H and O–H groups in total. The molecule has 0 amide bonds. The summed E-state index contributed by atoms with van der Waals surface area (Å²) < 4.78 is 33.9. The van der Waals surface area contributed by atoms with Crippen molar-refractivity contribution in [1.82, 2.24) is 14.5 Å². The van der Waals surface area contributed by atoms with Crippen molar-refractivity contribution in [2.24, 2.45) is 7.05 Å². The summed E-state index contributed by atoms with van der Waals surface area (Å²) in [5.74, 6) is -0.531. The highest BCUT2D eigenvalue weighted by molar-refractivity contribution is 7.92. The molecule has 25 heavy (non-hydrogen) atoms. The number of benzene rings is 2. The standard InChI is InChI=1S/C15H12N4O5S/c1-19-12-5-2-8(6-13(12)24-15(19)21)18-25(22,23)9-3-4-10-11(7-9)17-14(20)16-10/h2-7,18H,1H3,(H2,16,17,20). The maximum Gasteiger partial charge on any atom is 0.419 e. The Bertz CT molecular complexity index is 1340. The number of anilines is 1. The number of aromatic amines is 2. The molecule has 0 spiro atoms. The zero-order valence-corrected chi connectivity index (χ0v) is 13.7. The monoisotopic (exact) mass is 360 g/mol. The normalized spacial score (nSPS) is 12.0. The lowest BCUT2D eigenvalue weighted by molar-refractivity contribution is 0.528. The van der Waals surface area contributed by atoms with Gasteiger partial charge in [-0.3, -0.25) is 9.29 Å². The largest absolute Gasteiger partial charge is 0.419 e. The maximum atomic E-state index is 12.5. The molecule has 9 nitrogen and oxygen atoms in total. The Labute approximate surface area is 140 Å². The SMILES string of the molecule is Cn1c(=O)oc2cc(NS(=O)(=O)c3ccc4[nH]c(=O)[nH]c4c3)ccc21. The van der Waals surface area contributed by atoms with E-state index in [-0.39, 0.29) is 16.2 Å². The quantitative estimate of drug-likeness (QED) is 0.504. The van der Waals surface area contributed by atoms with E-state index in [4.69, 9.17) is 4.42 Å². The van der Waals surface area contributed by atoms with Crippen LogP contribution in [0.3, 0.4) is 0 Å². The van der Waals surface area contributed by atoms with E-state index in [1.54, 1.807) is 13.1 Å². The van der Waals surface area contributed by atoms with Crippen LogP contribution in [0.25, 0.3) is 22.1 Å². The van der Waals surface area contributed by atoms with E-state index in [0.29, 0.717) is 16.6 Å². The van der Waals surface area contributed by atoms with E-state index in [0.717, 1.165) is 0 Å². The topological polar surface area (TPSA) is 130 Å². The van der Waals surface area contributed by atoms with Crippen LogP contribution in [0.4, 0.5) is 5.69 Å². The van der Waals surface area contributed by atoms with Gasteiger partial charge in [0.2, 0.25) is 0 Å². The summed E-state index contributed by atoms with van der Waals surface area (Å²) in [6, 6.07) is 8.80. The van der Waals surface area contributed by atoms with Gasteiger partial charge in [0.05, 0.1) is 27.1 Å². The van der Waals surface area contributed by atoms with Crippen LogP contribution >= 0.6 is 0 Å². The Balaban J connectivity index is 1.74. The first-order valence-corrected chi connectivity index (χ1v) is 8.66. The van der Waals surface area contributed by atoms with E-state index in [1.807, 2.05) is 0 Å². The van der Waals surface area contributed by atoms with Crippen molar-refractivity contribution in [3.8, 4) is 0 Å². The van der Waals surface area contributed by atoms with Gasteiger partial charge in [0, 0.05) is 13.1 Å². The Morgan fingerprint density at radius 1 is 1.04 bits per heavy atom. The minimum Gasteiger partial charge on any atom is -0.408 e. The summed E-state index contributed by atoms with van der Waals surface area (Å²) >= 11 is 0. The van der Waals surface area contributed by atoms with Gasteiger partial charge < -0.3 is 14.4 Å². The second-order valence-corrected chi connectivity index (χ2v) is 7.18. The molecule has 0 atom stereocenters. The number of H-pyrrole nitrogens is 2. The number of hydrogen-bond acceptors (Lipinski definition) is 5. The zero-order valence-electron chi connectivity index (χ0n) is 12.9. The lowest BCUT2D eigenvalue weighted by atomic mass is 10.3. The molecule has 0 fully saturated rings. The summed E-state index contributed by atoms with van der Waals surface area (Å²) in [4.78, 5) is 27.8. The molecule has 0 aliphatic heterocycles. The molecule has 0 saturated heterocycles. The van der Waals surface area contributed by atoms with Crippen LogP contribution < -0.4 is 16.2 Å². The van der Waals surface area contributed by atoms with Gasteiger partial charge in [-0.25, -0.2) is 18.0 Å². The number of sulfonamides is 1. The van der Waals surface area contributed by atoms with E-state index in [9.17, 15) is 18.0 Å². The fourth-order valence-corrected chi connectivity index (χ4v) is 3.67. The Morgan fingerprint density at radius 3 is 2.60 bits per heavy atom. The molecule has 4 aromatic rings. The lowest BCUT2D eigenvalue weighted by Gasteiger charge is -2.08. The predicted octanol–water partition coefficient (Wildman–Crippen LogP) is 1.10. The third-order valence-corrected chi connectivity index (χ3v) is 5.22. The molecule has 0 bridgehead atoms. The number of aryl methyl sites for hydroxylation is 1. The van der Waals surface area contributed by atoms with Crippen LogP contribution in [0.1, 0.15) is 0 Å². The van der Waals surface area contributed by atoms with E-state index < -0.39 is 21.5 Å². The third-order valence-electron chi connectivity index (χ3n) is 3.84. The highest BCUT2D eigenvalue weighted by atomic mass is 32.2. The second kappa shape index (κ2) is 5.11. The molecule has 0 aliphatic carbocycles. The predicted molar refractivity (Wildman–Crippen MR) is 91.2 cm³/mol. The number of nitrogens with one attached hydrogen (secondary N) is 3. The van der Waals surface area contributed by atoms with Gasteiger partial charge in [0.15, 0.2) is 5.58 Å².